The predicted molar refractivity (Wildman–Crippen MR) is 95.1 cm³/mol. The molecule has 9 nitrogen and oxygen atoms in total. The Morgan fingerprint density at radius 1 is 1.08 bits per heavy atom. The third-order valence-electron chi connectivity index (χ3n) is 3.43. The van der Waals surface area contributed by atoms with Crippen LogP contribution in [0.3, 0.4) is 0 Å². The summed E-state index contributed by atoms with van der Waals surface area (Å²) >= 11 is 0. The zero-order valence-electron chi connectivity index (χ0n) is 14.8. The van der Waals surface area contributed by atoms with E-state index in [1.807, 2.05) is 0 Å². The molecule has 0 bridgehead atoms. The molecular weight excluding hydrogens is 360 g/mol. The lowest BCUT2D eigenvalue weighted by atomic mass is 10.2. The van der Waals surface area contributed by atoms with Gasteiger partial charge in [0.15, 0.2) is 5.76 Å². The second-order valence-corrected chi connectivity index (χ2v) is 7.39. The molecule has 2 amide bonds. The molecule has 1 atom stereocenters. The summed E-state index contributed by atoms with van der Waals surface area (Å²) in [6.07, 6.45) is 0. The van der Waals surface area contributed by atoms with Gasteiger partial charge in [-0.2, -0.15) is 4.72 Å². The van der Waals surface area contributed by atoms with Gasteiger partial charge < -0.3 is 15.2 Å². The summed E-state index contributed by atoms with van der Waals surface area (Å²) in [7, 11) is -3.95. The van der Waals surface area contributed by atoms with Crippen LogP contribution >= 0.6 is 0 Å². The van der Waals surface area contributed by atoms with Crippen molar-refractivity contribution in [3.05, 3.63) is 35.7 Å². The lowest BCUT2D eigenvalue weighted by Gasteiger charge is -2.14. The van der Waals surface area contributed by atoms with Crippen molar-refractivity contribution < 1.29 is 22.5 Å². The van der Waals surface area contributed by atoms with Crippen LogP contribution in [0, 0.1) is 13.8 Å². The van der Waals surface area contributed by atoms with Crippen molar-refractivity contribution in [2.75, 3.05) is 10.6 Å². The number of sulfonamides is 1. The summed E-state index contributed by atoms with van der Waals surface area (Å²) in [6.45, 7) is 5.81. The number of anilines is 2. The molecule has 2 rings (SSSR count). The number of carbonyl (C=O) groups excluding carboxylic acids is 2. The van der Waals surface area contributed by atoms with E-state index in [-0.39, 0.29) is 22.3 Å². The molecule has 0 saturated carbocycles. The van der Waals surface area contributed by atoms with Crippen LogP contribution in [0.2, 0.25) is 0 Å². The highest BCUT2D eigenvalue weighted by Gasteiger charge is 2.28. The number of benzene rings is 1. The number of hydrogen-bond donors (Lipinski definition) is 3. The van der Waals surface area contributed by atoms with E-state index >= 15 is 0 Å². The maximum absolute atomic E-state index is 12.4. The number of hydrogen-bond acceptors (Lipinski definition) is 6. The van der Waals surface area contributed by atoms with Gasteiger partial charge >= 0.3 is 0 Å². The minimum absolute atomic E-state index is 0.0724. The number of amides is 2. The lowest BCUT2D eigenvalue weighted by molar-refractivity contribution is -0.117. The van der Waals surface area contributed by atoms with E-state index < -0.39 is 22.0 Å². The third-order valence-corrected chi connectivity index (χ3v) is 5.22. The van der Waals surface area contributed by atoms with Crippen molar-refractivity contribution in [1.29, 1.82) is 0 Å². The molecule has 1 heterocycles. The number of carbonyl (C=O) groups is 2. The molecule has 0 radical (unpaired) electrons. The second kappa shape index (κ2) is 7.67. The second-order valence-electron chi connectivity index (χ2n) is 5.74. The number of nitrogens with one attached hydrogen (secondary N) is 3. The smallest absolute Gasteiger partial charge is 0.246 e. The van der Waals surface area contributed by atoms with Gasteiger partial charge in [-0.1, -0.05) is 5.16 Å². The monoisotopic (exact) mass is 380 g/mol. The van der Waals surface area contributed by atoms with Gasteiger partial charge in [-0.25, -0.2) is 8.42 Å². The van der Waals surface area contributed by atoms with E-state index in [2.05, 4.69) is 20.5 Å². The molecule has 0 unspecified atom stereocenters. The molecule has 0 spiro atoms. The number of aromatic nitrogens is 1. The average Bonchev–Trinajstić information content (AvgIpc) is 2.87. The molecule has 1 aromatic heterocycles. The summed E-state index contributed by atoms with van der Waals surface area (Å²) in [4.78, 5) is 23.2. The molecule has 0 fully saturated rings. The van der Waals surface area contributed by atoms with Crippen molar-refractivity contribution in [2.45, 2.75) is 38.6 Å². The van der Waals surface area contributed by atoms with E-state index in [9.17, 15) is 18.0 Å². The zero-order valence-corrected chi connectivity index (χ0v) is 15.6. The molecule has 2 aromatic rings. The molecule has 26 heavy (non-hydrogen) atoms. The zero-order chi connectivity index (χ0) is 19.5. The van der Waals surface area contributed by atoms with Crippen LogP contribution in [0.25, 0.3) is 0 Å². The van der Waals surface area contributed by atoms with Crippen LogP contribution < -0.4 is 15.4 Å². The minimum atomic E-state index is -3.95. The normalized spacial score (nSPS) is 12.5. The van der Waals surface area contributed by atoms with Crippen LogP contribution in [-0.4, -0.2) is 31.4 Å². The van der Waals surface area contributed by atoms with Crippen molar-refractivity contribution >= 4 is 33.2 Å². The van der Waals surface area contributed by atoms with Crippen molar-refractivity contribution in [2.24, 2.45) is 0 Å². The highest BCUT2D eigenvalue weighted by molar-refractivity contribution is 7.89. The van der Waals surface area contributed by atoms with E-state index in [0.29, 0.717) is 11.4 Å². The first-order chi connectivity index (χ1) is 12.1. The summed E-state index contributed by atoms with van der Waals surface area (Å²) in [5.74, 6) is -0.590. The summed E-state index contributed by atoms with van der Waals surface area (Å²) in [5, 5.41) is 8.82. The Morgan fingerprint density at radius 3 is 2.08 bits per heavy atom. The van der Waals surface area contributed by atoms with Gasteiger partial charge in [-0.05, 0) is 45.0 Å². The SMILES string of the molecule is CC(=O)Nc1ccc(NC(=O)[C@H](C)NS(=O)(=O)c2c(C)noc2C)cc1. The minimum Gasteiger partial charge on any atom is -0.360 e. The first-order valence-electron chi connectivity index (χ1n) is 7.74. The van der Waals surface area contributed by atoms with E-state index in [4.69, 9.17) is 4.52 Å². The molecule has 3 N–H and O–H groups in total. The highest BCUT2D eigenvalue weighted by atomic mass is 32.2. The Kier molecular flexibility index (Phi) is 5.78. The summed E-state index contributed by atoms with van der Waals surface area (Å²) < 4.78 is 32.0. The molecule has 0 aliphatic heterocycles. The van der Waals surface area contributed by atoms with Gasteiger partial charge in [0.25, 0.3) is 0 Å². The summed E-state index contributed by atoms with van der Waals surface area (Å²) in [5.41, 5.74) is 1.27. The number of aryl methyl sites for hydroxylation is 2. The molecule has 0 saturated heterocycles. The average molecular weight is 380 g/mol. The first-order valence-corrected chi connectivity index (χ1v) is 9.22. The van der Waals surface area contributed by atoms with Crippen LogP contribution in [0.1, 0.15) is 25.3 Å². The fraction of sp³-hybridized carbons (Fsp3) is 0.312. The molecule has 0 aliphatic rings. The Balaban J connectivity index is 2.04. The number of nitrogens with zero attached hydrogens (tertiary/aromatic N) is 1. The van der Waals surface area contributed by atoms with Crippen LogP contribution in [0.5, 0.6) is 0 Å². The third kappa shape index (κ3) is 4.67. The first kappa shape index (κ1) is 19.6. The molecule has 10 heteroatoms. The van der Waals surface area contributed by atoms with E-state index in [1.54, 1.807) is 24.3 Å². The molecule has 1 aromatic carbocycles. The van der Waals surface area contributed by atoms with Crippen molar-refractivity contribution in [3.63, 3.8) is 0 Å². The van der Waals surface area contributed by atoms with E-state index in [1.165, 1.54) is 27.7 Å². The van der Waals surface area contributed by atoms with Gasteiger partial charge in [0.05, 0.1) is 6.04 Å². The van der Waals surface area contributed by atoms with Crippen LogP contribution in [0.15, 0.2) is 33.7 Å². The maximum Gasteiger partial charge on any atom is 0.246 e. The van der Waals surface area contributed by atoms with Gasteiger partial charge in [0.2, 0.25) is 21.8 Å². The van der Waals surface area contributed by atoms with Gasteiger partial charge in [0, 0.05) is 18.3 Å². The van der Waals surface area contributed by atoms with E-state index in [0.717, 1.165) is 0 Å². The van der Waals surface area contributed by atoms with Crippen LogP contribution in [0.4, 0.5) is 11.4 Å². The van der Waals surface area contributed by atoms with Crippen LogP contribution in [-0.2, 0) is 19.6 Å². The fourth-order valence-electron chi connectivity index (χ4n) is 2.29. The quantitative estimate of drug-likeness (QED) is 0.697. The molecule has 140 valence electrons. The fourth-order valence-corrected chi connectivity index (χ4v) is 3.83. The van der Waals surface area contributed by atoms with Crippen molar-refractivity contribution in [3.8, 4) is 0 Å². The Labute approximate surface area is 151 Å². The standard InChI is InChI=1S/C16H20N4O5S/c1-9-15(11(3)25-19-9)26(23,24)20-10(2)16(22)18-14-7-5-13(6-8-14)17-12(4)21/h5-8,10,20H,1-4H3,(H,17,21)(H,18,22)/t10-/m0/s1. The number of rotatable bonds is 6. The topological polar surface area (TPSA) is 130 Å². The Hall–Kier alpha value is -2.72. The largest absolute Gasteiger partial charge is 0.360 e. The predicted octanol–water partition coefficient (Wildman–Crippen LogP) is 1.56. The Bertz CT molecular complexity index is 899. The lowest BCUT2D eigenvalue weighted by Crippen LogP contribution is -2.41. The van der Waals surface area contributed by atoms with Gasteiger partial charge in [-0.3, -0.25) is 9.59 Å². The molecule has 0 aliphatic carbocycles. The molecular formula is C16H20N4O5S. The maximum atomic E-state index is 12.4. The van der Waals surface area contributed by atoms with Crippen molar-refractivity contribution in [1.82, 2.24) is 9.88 Å². The Morgan fingerprint density at radius 2 is 1.62 bits per heavy atom. The highest BCUT2D eigenvalue weighted by Crippen LogP contribution is 2.19. The van der Waals surface area contributed by atoms with Gasteiger partial charge in [-0.15, -0.1) is 0 Å². The summed E-state index contributed by atoms with van der Waals surface area (Å²) in [6, 6.07) is 5.41. The van der Waals surface area contributed by atoms with Gasteiger partial charge in [0.1, 0.15) is 10.6 Å².